The summed E-state index contributed by atoms with van der Waals surface area (Å²) in [4.78, 5) is 12.5. The third kappa shape index (κ3) is 2.70. The van der Waals surface area contributed by atoms with Gasteiger partial charge in [0.15, 0.2) is 0 Å². The van der Waals surface area contributed by atoms with Crippen LogP contribution >= 0.6 is 15.9 Å². The van der Waals surface area contributed by atoms with E-state index in [2.05, 4.69) is 26.3 Å². The molecule has 1 saturated carbocycles. The second-order valence-corrected chi connectivity index (χ2v) is 5.86. The molecule has 0 aromatic carbocycles. The summed E-state index contributed by atoms with van der Waals surface area (Å²) in [5, 5.41) is 7.08. The first kappa shape index (κ1) is 12.6. The molecular weight excluding hydrogens is 282 g/mol. The SMILES string of the molecule is Cc1c(C(=O)NCC2CCCC2Br)cnn1C. The van der Waals surface area contributed by atoms with Crippen LogP contribution in [0.25, 0.3) is 0 Å². The summed E-state index contributed by atoms with van der Waals surface area (Å²) in [7, 11) is 1.84. The van der Waals surface area contributed by atoms with E-state index < -0.39 is 0 Å². The lowest BCUT2D eigenvalue weighted by Gasteiger charge is -2.14. The van der Waals surface area contributed by atoms with E-state index in [1.54, 1.807) is 10.9 Å². The van der Waals surface area contributed by atoms with E-state index in [9.17, 15) is 4.79 Å². The summed E-state index contributed by atoms with van der Waals surface area (Å²) in [5.41, 5.74) is 1.58. The Hall–Kier alpha value is -0.840. The first-order chi connectivity index (χ1) is 8.09. The van der Waals surface area contributed by atoms with Crippen LogP contribution in [0, 0.1) is 12.8 Å². The molecule has 1 aromatic heterocycles. The number of aryl methyl sites for hydroxylation is 1. The molecule has 2 rings (SSSR count). The van der Waals surface area contributed by atoms with Gasteiger partial charge in [0.25, 0.3) is 5.91 Å². The summed E-state index contributed by atoms with van der Waals surface area (Å²) in [6.07, 6.45) is 5.29. The van der Waals surface area contributed by atoms with Crippen molar-refractivity contribution < 1.29 is 4.79 Å². The highest BCUT2D eigenvalue weighted by Crippen LogP contribution is 2.30. The maximum atomic E-state index is 12.0. The lowest BCUT2D eigenvalue weighted by Crippen LogP contribution is -2.31. The maximum absolute atomic E-state index is 12.0. The van der Waals surface area contributed by atoms with Crippen molar-refractivity contribution in [1.82, 2.24) is 15.1 Å². The van der Waals surface area contributed by atoms with Crippen molar-refractivity contribution in [3.63, 3.8) is 0 Å². The largest absolute Gasteiger partial charge is 0.352 e. The van der Waals surface area contributed by atoms with Crippen molar-refractivity contribution >= 4 is 21.8 Å². The average molecular weight is 300 g/mol. The lowest BCUT2D eigenvalue weighted by molar-refractivity contribution is 0.0947. The van der Waals surface area contributed by atoms with E-state index in [1.807, 2.05) is 14.0 Å². The van der Waals surface area contributed by atoms with Crippen molar-refractivity contribution in [2.24, 2.45) is 13.0 Å². The van der Waals surface area contributed by atoms with Crippen LogP contribution in [0.15, 0.2) is 6.20 Å². The van der Waals surface area contributed by atoms with Gasteiger partial charge in [0, 0.05) is 24.1 Å². The number of carbonyl (C=O) groups excluding carboxylic acids is 1. The zero-order chi connectivity index (χ0) is 12.4. The number of rotatable bonds is 3. The highest BCUT2D eigenvalue weighted by molar-refractivity contribution is 9.09. The Kier molecular flexibility index (Phi) is 3.86. The zero-order valence-corrected chi connectivity index (χ0v) is 11.8. The van der Waals surface area contributed by atoms with Gasteiger partial charge in [0.1, 0.15) is 0 Å². The van der Waals surface area contributed by atoms with Crippen molar-refractivity contribution in [3.8, 4) is 0 Å². The molecule has 94 valence electrons. The van der Waals surface area contributed by atoms with Gasteiger partial charge < -0.3 is 5.32 Å². The Bertz CT molecular complexity index is 416. The van der Waals surface area contributed by atoms with Crippen molar-refractivity contribution in [2.75, 3.05) is 6.54 Å². The van der Waals surface area contributed by atoms with E-state index in [1.165, 1.54) is 19.3 Å². The fourth-order valence-electron chi connectivity index (χ4n) is 2.26. The number of halogens is 1. The van der Waals surface area contributed by atoms with Gasteiger partial charge in [-0.15, -0.1) is 0 Å². The first-order valence-electron chi connectivity index (χ1n) is 6.00. The van der Waals surface area contributed by atoms with Gasteiger partial charge in [-0.1, -0.05) is 22.4 Å². The second kappa shape index (κ2) is 5.21. The molecular formula is C12H18BrN3O. The molecule has 1 heterocycles. The van der Waals surface area contributed by atoms with Crippen LogP contribution in [0.2, 0.25) is 0 Å². The minimum absolute atomic E-state index is 0.0119. The highest BCUT2D eigenvalue weighted by atomic mass is 79.9. The van der Waals surface area contributed by atoms with E-state index in [-0.39, 0.29) is 5.91 Å². The number of nitrogens with zero attached hydrogens (tertiary/aromatic N) is 2. The smallest absolute Gasteiger partial charge is 0.254 e. The predicted molar refractivity (Wildman–Crippen MR) is 70.3 cm³/mol. The summed E-state index contributed by atoms with van der Waals surface area (Å²) in [5.74, 6) is 0.554. The van der Waals surface area contributed by atoms with Crippen molar-refractivity contribution in [1.29, 1.82) is 0 Å². The highest BCUT2D eigenvalue weighted by Gasteiger charge is 2.25. The molecule has 2 atom stereocenters. The van der Waals surface area contributed by atoms with Gasteiger partial charge in [0.2, 0.25) is 0 Å². The third-order valence-electron chi connectivity index (χ3n) is 3.57. The summed E-state index contributed by atoms with van der Waals surface area (Å²) in [6, 6.07) is 0. The first-order valence-corrected chi connectivity index (χ1v) is 6.92. The average Bonchev–Trinajstić information content (AvgIpc) is 2.84. The Labute approximate surface area is 110 Å². The quantitative estimate of drug-likeness (QED) is 0.868. The van der Waals surface area contributed by atoms with Gasteiger partial charge in [0.05, 0.1) is 11.8 Å². The molecule has 4 nitrogen and oxygen atoms in total. The van der Waals surface area contributed by atoms with Crippen LogP contribution in [-0.4, -0.2) is 27.1 Å². The van der Waals surface area contributed by atoms with E-state index in [0.717, 1.165) is 12.2 Å². The molecule has 17 heavy (non-hydrogen) atoms. The molecule has 0 saturated heterocycles. The monoisotopic (exact) mass is 299 g/mol. The van der Waals surface area contributed by atoms with Gasteiger partial charge >= 0.3 is 0 Å². The Balaban J connectivity index is 1.91. The fourth-order valence-corrected chi connectivity index (χ4v) is 3.04. The molecule has 0 aliphatic heterocycles. The molecule has 2 unspecified atom stereocenters. The summed E-state index contributed by atoms with van der Waals surface area (Å²) in [6.45, 7) is 2.66. The molecule has 1 fully saturated rings. The number of alkyl halides is 1. The van der Waals surface area contributed by atoms with Crippen LogP contribution in [0.4, 0.5) is 0 Å². The molecule has 0 radical (unpaired) electrons. The molecule has 5 heteroatoms. The number of hydrogen-bond donors (Lipinski definition) is 1. The van der Waals surface area contributed by atoms with Crippen molar-refractivity contribution in [2.45, 2.75) is 31.0 Å². The van der Waals surface area contributed by atoms with Crippen LogP contribution in [0.1, 0.15) is 35.3 Å². The Morgan fingerprint density at radius 2 is 2.41 bits per heavy atom. The van der Waals surface area contributed by atoms with Crippen LogP contribution in [0.3, 0.4) is 0 Å². The van der Waals surface area contributed by atoms with Crippen LogP contribution in [-0.2, 0) is 7.05 Å². The van der Waals surface area contributed by atoms with Crippen LogP contribution < -0.4 is 5.32 Å². The van der Waals surface area contributed by atoms with Gasteiger partial charge in [-0.05, 0) is 25.7 Å². The minimum atomic E-state index is -0.0119. The standard InChI is InChI=1S/C12H18BrN3O/c1-8-10(7-15-16(8)2)12(17)14-6-9-4-3-5-11(9)13/h7,9,11H,3-6H2,1-2H3,(H,14,17). The second-order valence-electron chi connectivity index (χ2n) is 4.68. The normalized spacial score (nSPS) is 23.9. The molecule has 1 aliphatic carbocycles. The van der Waals surface area contributed by atoms with Gasteiger partial charge in [-0.3, -0.25) is 9.48 Å². The van der Waals surface area contributed by atoms with Crippen molar-refractivity contribution in [3.05, 3.63) is 17.5 Å². The number of hydrogen-bond acceptors (Lipinski definition) is 2. The number of amides is 1. The number of nitrogens with one attached hydrogen (secondary N) is 1. The Morgan fingerprint density at radius 1 is 1.65 bits per heavy atom. The van der Waals surface area contributed by atoms with E-state index in [4.69, 9.17) is 0 Å². The molecule has 0 bridgehead atoms. The molecule has 1 N–H and O–H groups in total. The van der Waals surface area contributed by atoms with Gasteiger partial charge in [-0.25, -0.2) is 0 Å². The molecule has 1 aromatic rings. The topological polar surface area (TPSA) is 46.9 Å². The maximum Gasteiger partial charge on any atom is 0.254 e. The minimum Gasteiger partial charge on any atom is -0.352 e. The lowest BCUT2D eigenvalue weighted by atomic mass is 10.1. The van der Waals surface area contributed by atoms with Crippen LogP contribution in [0.5, 0.6) is 0 Å². The predicted octanol–water partition coefficient (Wildman–Crippen LogP) is 2.02. The summed E-state index contributed by atoms with van der Waals surface area (Å²) < 4.78 is 1.72. The van der Waals surface area contributed by atoms with Gasteiger partial charge in [-0.2, -0.15) is 5.10 Å². The molecule has 1 aliphatic rings. The zero-order valence-electron chi connectivity index (χ0n) is 10.2. The number of carbonyl (C=O) groups is 1. The third-order valence-corrected chi connectivity index (χ3v) is 4.78. The Morgan fingerprint density at radius 3 is 2.94 bits per heavy atom. The molecule has 0 spiro atoms. The van der Waals surface area contributed by atoms with E-state index in [0.29, 0.717) is 16.3 Å². The summed E-state index contributed by atoms with van der Waals surface area (Å²) >= 11 is 3.66. The van der Waals surface area contributed by atoms with E-state index >= 15 is 0 Å². The molecule has 1 amide bonds. The number of aromatic nitrogens is 2. The fraction of sp³-hybridized carbons (Fsp3) is 0.667.